The van der Waals surface area contributed by atoms with E-state index in [4.69, 9.17) is 0 Å². The highest BCUT2D eigenvalue weighted by molar-refractivity contribution is 5.76. The van der Waals surface area contributed by atoms with Gasteiger partial charge in [-0.2, -0.15) is 0 Å². The molecule has 1 amide bonds. The summed E-state index contributed by atoms with van der Waals surface area (Å²) in [5.41, 5.74) is 0.956. The first-order valence-electron chi connectivity index (χ1n) is 7.85. The van der Waals surface area contributed by atoms with Gasteiger partial charge in [0, 0.05) is 37.6 Å². The molecule has 0 unspecified atom stereocenters. The van der Waals surface area contributed by atoms with Crippen LogP contribution in [0.2, 0.25) is 0 Å². The third-order valence-electron chi connectivity index (χ3n) is 4.38. The van der Waals surface area contributed by atoms with Gasteiger partial charge in [-0.1, -0.05) is 11.3 Å². The van der Waals surface area contributed by atoms with E-state index in [2.05, 4.69) is 20.2 Å². The van der Waals surface area contributed by atoms with Gasteiger partial charge in [-0.25, -0.2) is 4.68 Å². The first-order chi connectivity index (χ1) is 11.1. The fraction of sp³-hybridized carbons (Fsp3) is 0.500. The zero-order valence-corrected chi connectivity index (χ0v) is 13.5. The first-order valence-corrected chi connectivity index (χ1v) is 7.85. The molecule has 0 N–H and O–H groups in total. The van der Waals surface area contributed by atoms with Crippen LogP contribution in [0.25, 0.3) is 0 Å². The van der Waals surface area contributed by atoms with Crippen molar-refractivity contribution < 1.29 is 4.79 Å². The summed E-state index contributed by atoms with van der Waals surface area (Å²) in [7, 11) is 4.08. The Labute approximate surface area is 135 Å². The van der Waals surface area contributed by atoms with Gasteiger partial charge >= 0.3 is 0 Å². The van der Waals surface area contributed by atoms with E-state index < -0.39 is 0 Å². The third kappa shape index (κ3) is 3.56. The molecule has 3 rings (SSSR count). The highest BCUT2D eigenvalue weighted by Gasteiger charge is 2.37. The Morgan fingerprint density at radius 2 is 2.17 bits per heavy atom. The van der Waals surface area contributed by atoms with Gasteiger partial charge in [-0.3, -0.25) is 9.78 Å². The number of aromatic nitrogens is 4. The molecule has 2 aromatic rings. The summed E-state index contributed by atoms with van der Waals surface area (Å²) in [6.07, 6.45) is 6.47. The minimum Gasteiger partial charge on any atom is -0.339 e. The van der Waals surface area contributed by atoms with Crippen LogP contribution in [0.5, 0.6) is 0 Å². The third-order valence-corrected chi connectivity index (χ3v) is 4.38. The summed E-state index contributed by atoms with van der Waals surface area (Å²) in [5.74, 6) is 0.171. The number of likely N-dealkylation sites (tertiary alicyclic amines) is 1. The van der Waals surface area contributed by atoms with Crippen molar-refractivity contribution >= 4 is 5.91 Å². The Balaban J connectivity index is 1.63. The van der Waals surface area contributed by atoms with E-state index in [1.165, 1.54) is 0 Å². The van der Waals surface area contributed by atoms with Crippen molar-refractivity contribution in [3.63, 3.8) is 0 Å². The zero-order valence-electron chi connectivity index (χ0n) is 13.5. The molecule has 3 heterocycles. The fourth-order valence-corrected chi connectivity index (χ4v) is 3.07. The maximum Gasteiger partial charge on any atom is 0.223 e. The number of amides is 1. The molecule has 2 atom stereocenters. The highest BCUT2D eigenvalue weighted by atomic mass is 16.2. The molecule has 7 nitrogen and oxygen atoms in total. The van der Waals surface area contributed by atoms with Gasteiger partial charge in [0.2, 0.25) is 5.91 Å². The van der Waals surface area contributed by atoms with E-state index in [0.717, 1.165) is 12.2 Å². The van der Waals surface area contributed by atoms with Crippen molar-refractivity contribution in [2.75, 3.05) is 27.2 Å². The van der Waals surface area contributed by atoms with Crippen molar-refractivity contribution in [2.24, 2.45) is 0 Å². The molecule has 0 bridgehead atoms. The number of carbonyl (C=O) groups is 1. The molecule has 1 saturated heterocycles. The van der Waals surface area contributed by atoms with Crippen molar-refractivity contribution in [1.29, 1.82) is 0 Å². The zero-order chi connectivity index (χ0) is 16.2. The van der Waals surface area contributed by atoms with Crippen molar-refractivity contribution in [2.45, 2.75) is 24.9 Å². The molecule has 0 spiro atoms. The maximum absolute atomic E-state index is 12.5. The molecule has 122 valence electrons. The first kappa shape index (κ1) is 15.6. The summed E-state index contributed by atoms with van der Waals surface area (Å²) >= 11 is 0. The van der Waals surface area contributed by atoms with Gasteiger partial charge < -0.3 is 9.80 Å². The molecular weight excluding hydrogens is 292 g/mol. The summed E-state index contributed by atoms with van der Waals surface area (Å²) in [6, 6.07) is 6.18. The second-order valence-electron chi connectivity index (χ2n) is 6.10. The Kier molecular flexibility index (Phi) is 4.66. The fourth-order valence-electron chi connectivity index (χ4n) is 3.07. The maximum atomic E-state index is 12.5. The second kappa shape index (κ2) is 6.87. The summed E-state index contributed by atoms with van der Waals surface area (Å²) in [4.78, 5) is 20.9. The minimum atomic E-state index is 0.145. The van der Waals surface area contributed by atoms with Crippen molar-refractivity contribution in [1.82, 2.24) is 29.8 Å². The van der Waals surface area contributed by atoms with Gasteiger partial charge in [-0.05, 0) is 32.6 Å². The Morgan fingerprint density at radius 1 is 1.30 bits per heavy atom. The molecule has 0 aromatic carbocycles. The molecule has 1 fully saturated rings. The molecule has 0 saturated carbocycles. The van der Waals surface area contributed by atoms with E-state index in [-0.39, 0.29) is 18.0 Å². The van der Waals surface area contributed by atoms with Crippen molar-refractivity contribution in [3.05, 3.63) is 42.5 Å². The summed E-state index contributed by atoms with van der Waals surface area (Å²) in [5, 5.41) is 8.00. The Hall–Kier alpha value is -2.28. The largest absolute Gasteiger partial charge is 0.339 e. The highest BCUT2D eigenvalue weighted by Crippen LogP contribution is 2.25. The number of hydrogen-bond acceptors (Lipinski definition) is 5. The number of nitrogens with zero attached hydrogens (tertiary/aromatic N) is 6. The van der Waals surface area contributed by atoms with Gasteiger partial charge in [0.15, 0.2) is 0 Å². The van der Waals surface area contributed by atoms with Crippen LogP contribution >= 0.6 is 0 Å². The quantitative estimate of drug-likeness (QED) is 0.809. The number of hydrogen-bond donors (Lipinski definition) is 0. The molecule has 1 aliphatic rings. The normalized spacial score (nSPS) is 21.1. The predicted molar refractivity (Wildman–Crippen MR) is 85.7 cm³/mol. The van der Waals surface area contributed by atoms with E-state index >= 15 is 0 Å². The van der Waals surface area contributed by atoms with Crippen LogP contribution in [0.15, 0.2) is 36.8 Å². The van der Waals surface area contributed by atoms with Gasteiger partial charge in [0.1, 0.15) is 0 Å². The standard InChI is InChI=1S/C16H22N6O/c1-20(2)14-11-21(12-15(14)22-10-9-18-19-22)16(23)7-6-13-5-3-4-8-17-13/h3-5,8-10,14-15H,6-7,11-12H2,1-2H3/t14-,15+/m1/s1. The molecule has 23 heavy (non-hydrogen) atoms. The monoisotopic (exact) mass is 314 g/mol. The number of aryl methyl sites for hydroxylation is 1. The van der Waals surface area contributed by atoms with Crippen LogP contribution in [0.1, 0.15) is 18.2 Å². The second-order valence-corrected chi connectivity index (χ2v) is 6.10. The van der Waals surface area contributed by atoms with Gasteiger partial charge in [0.05, 0.1) is 18.3 Å². The van der Waals surface area contributed by atoms with Crippen LogP contribution in [-0.2, 0) is 11.2 Å². The van der Waals surface area contributed by atoms with Gasteiger partial charge in [-0.15, -0.1) is 5.10 Å². The topological polar surface area (TPSA) is 67.2 Å². The van der Waals surface area contributed by atoms with Crippen LogP contribution < -0.4 is 0 Å². The predicted octanol–water partition coefficient (Wildman–Crippen LogP) is 0.619. The molecule has 1 aliphatic heterocycles. The SMILES string of the molecule is CN(C)[C@@H]1CN(C(=O)CCc2ccccn2)C[C@@H]1n1ccnn1. The molecular formula is C16H22N6O. The number of pyridine rings is 1. The number of carbonyl (C=O) groups excluding carboxylic acids is 1. The lowest BCUT2D eigenvalue weighted by atomic mass is 10.1. The molecule has 0 radical (unpaired) electrons. The molecule has 2 aromatic heterocycles. The average Bonchev–Trinajstić information content (AvgIpc) is 3.22. The van der Waals surface area contributed by atoms with E-state index in [1.807, 2.05) is 48.1 Å². The minimum absolute atomic E-state index is 0.145. The van der Waals surface area contributed by atoms with E-state index in [1.54, 1.807) is 12.4 Å². The van der Waals surface area contributed by atoms with E-state index in [9.17, 15) is 4.79 Å². The molecule has 0 aliphatic carbocycles. The smallest absolute Gasteiger partial charge is 0.223 e. The van der Waals surface area contributed by atoms with Gasteiger partial charge in [0.25, 0.3) is 0 Å². The molecule has 7 heteroatoms. The summed E-state index contributed by atoms with van der Waals surface area (Å²) in [6.45, 7) is 1.39. The lowest BCUT2D eigenvalue weighted by molar-refractivity contribution is -0.130. The van der Waals surface area contributed by atoms with E-state index in [0.29, 0.717) is 19.4 Å². The Bertz CT molecular complexity index is 627. The number of rotatable bonds is 5. The van der Waals surface area contributed by atoms with Crippen LogP contribution in [0.4, 0.5) is 0 Å². The lowest BCUT2D eigenvalue weighted by Crippen LogP contribution is -2.37. The lowest BCUT2D eigenvalue weighted by Gasteiger charge is -2.24. The van der Waals surface area contributed by atoms with Crippen molar-refractivity contribution in [3.8, 4) is 0 Å². The van der Waals surface area contributed by atoms with Crippen LogP contribution in [-0.4, -0.2) is 68.9 Å². The van der Waals surface area contributed by atoms with Crippen LogP contribution in [0, 0.1) is 0 Å². The van der Waals surface area contributed by atoms with Crippen LogP contribution in [0.3, 0.4) is 0 Å². The summed E-state index contributed by atoms with van der Waals surface area (Å²) < 4.78 is 1.86. The average molecular weight is 314 g/mol. The number of likely N-dealkylation sites (N-methyl/N-ethyl adjacent to an activating group) is 1. The Morgan fingerprint density at radius 3 is 2.83 bits per heavy atom.